The van der Waals surface area contributed by atoms with Crippen LogP contribution in [0.25, 0.3) is 5.69 Å². The quantitative estimate of drug-likeness (QED) is 0.488. The fourth-order valence-corrected chi connectivity index (χ4v) is 3.64. The van der Waals surface area contributed by atoms with Gasteiger partial charge in [-0.15, -0.1) is 0 Å². The van der Waals surface area contributed by atoms with Crippen LogP contribution in [0.15, 0.2) is 60.8 Å². The van der Waals surface area contributed by atoms with E-state index < -0.39 is 10.8 Å². The summed E-state index contributed by atoms with van der Waals surface area (Å²) < 4.78 is 1.63. The van der Waals surface area contributed by atoms with Crippen LogP contribution in [0, 0.1) is 10.1 Å². The molecule has 1 aromatic heterocycles. The molecule has 0 aliphatic carbocycles. The molecular formula is C22H22N6O4. The first-order valence-electron chi connectivity index (χ1n) is 10.1. The Morgan fingerprint density at radius 2 is 1.75 bits per heavy atom. The van der Waals surface area contributed by atoms with Gasteiger partial charge in [-0.1, -0.05) is 18.2 Å². The number of anilines is 2. The predicted octanol–water partition coefficient (Wildman–Crippen LogP) is 2.70. The maximum absolute atomic E-state index is 12.7. The SMILES string of the molecule is CC(=O)N1CCN(c2ccc(C(=O)Nc3ccn(-c4ccccc4)n3)cc2[N+](=O)[O-])CC1. The van der Waals surface area contributed by atoms with Gasteiger partial charge in [-0.2, -0.15) is 5.10 Å². The molecule has 3 aromatic rings. The van der Waals surface area contributed by atoms with Gasteiger partial charge in [0.25, 0.3) is 11.6 Å². The fourth-order valence-electron chi connectivity index (χ4n) is 3.64. The number of nitrogens with one attached hydrogen (secondary N) is 1. The van der Waals surface area contributed by atoms with E-state index in [1.54, 1.807) is 34.0 Å². The second-order valence-corrected chi connectivity index (χ2v) is 7.39. The summed E-state index contributed by atoms with van der Waals surface area (Å²) in [6.45, 7) is 3.48. The number of piperazine rings is 1. The van der Waals surface area contributed by atoms with Crippen LogP contribution < -0.4 is 10.2 Å². The van der Waals surface area contributed by atoms with Gasteiger partial charge >= 0.3 is 0 Å². The van der Waals surface area contributed by atoms with Gasteiger partial charge in [0.1, 0.15) is 5.69 Å². The zero-order valence-electron chi connectivity index (χ0n) is 17.5. The van der Waals surface area contributed by atoms with Crippen molar-refractivity contribution in [1.82, 2.24) is 14.7 Å². The molecule has 2 amide bonds. The highest BCUT2D eigenvalue weighted by atomic mass is 16.6. The van der Waals surface area contributed by atoms with Crippen LogP contribution in [0.4, 0.5) is 17.2 Å². The van der Waals surface area contributed by atoms with Crippen LogP contribution in [0.2, 0.25) is 0 Å². The second kappa shape index (κ2) is 8.88. The summed E-state index contributed by atoms with van der Waals surface area (Å²) in [4.78, 5) is 39.0. The minimum atomic E-state index is -0.492. The molecule has 4 rings (SSSR count). The van der Waals surface area contributed by atoms with E-state index in [0.717, 1.165) is 5.69 Å². The molecule has 0 saturated carbocycles. The number of carbonyl (C=O) groups excluding carboxylic acids is 2. The molecule has 1 fully saturated rings. The molecule has 0 atom stereocenters. The Labute approximate surface area is 184 Å². The lowest BCUT2D eigenvalue weighted by Gasteiger charge is -2.35. The molecular weight excluding hydrogens is 412 g/mol. The average molecular weight is 434 g/mol. The molecule has 32 heavy (non-hydrogen) atoms. The van der Waals surface area contributed by atoms with Crippen molar-refractivity contribution >= 4 is 29.0 Å². The summed E-state index contributed by atoms with van der Waals surface area (Å²) >= 11 is 0. The number of nitro groups is 1. The summed E-state index contributed by atoms with van der Waals surface area (Å²) in [7, 11) is 0. The number of hydrogen-bond donors (Lipinski definition) is 1. The van der Waals surface area contributed by atoms with Crippen molar-refractivity contribution in [3.8, 4) is 5.69 Å². The largest absolute Gasteiger partial charge is 0.362 e. The molecule has 164 valence electrons. The number of para-hydroxylation sites is 1. The van der Waals surface area contributed by atoms with Crippen LogP contribution in [0.1, 0.15) is 17.3 Å². The van der Waals surface area contributed by atoms with Gasteiger partial charge in [-0.25, -0.2) is 4.68 Å². The summed E-state index contributed by atoms with van der Waals surface area (Å²) in [6.07, 6.45) is 1.72. The molecule has 10 heteroatoms. The number of hydrogen-bond acceptors (Lipinski definition) is 6. The normalized spacial score (nSPS) is 13.7. The fraction of sp³-hybridized carbons (Fsp3) is 0.227. The molecule has 0 radical (unpaired) electrons. The summed E-state index contributed by atoms with van der Waals surface area (Å²) in [5, 5.41) is 18.7. The van der Waals surface area contributed by atoms with Crippen LogP contribution in [-0.2, 0) is 4.79 Å². The van der Waals surface area contributed by atoms with Gasteiger partial charge in [0.2, 0.25) is 5.91 Å². The van der Waals surface area contributed by atoms with Gasteiger partial charge in [0, 0.05) is 57.0 Å². The van der Waals surface area contributed by atoms with E-state index in [4.69, 9.17) is 0 Å². The van der Waals surface area contributed by atoms with Crippen LogP contribution in [0.5, 0.6) is 0 Å². The van der Waals surface area contributed by atoms with Crippen molar-refractivity contribution in [3.05, 3.63) is 76.5 Å². The van der Waals surface area contributed by atoms with E-state index in [2.05, 4.69) is 10.4 Å². The lowest BCUT2D eigenvalue weighted by Crippen LogP contribution is -2.48. The Bertz CT molecular complexity index is 1150. The van der Waals surface area contributed by atoms with Gasteiger partial charge in [-0.3, -0.25) is 19.7 Å². The lowest BCUT2D eigenvalue weighted by atomic mass is 10.1. The highest BCUT2D eigenvalue weighted by molar-refractivity contribution is 6.04. The summed E-state index contributed by atoms with van der Waals surface area (Å²) in [6, 6.07) is 15.5. The number of carbonyl (C=O) groups is 2. The Kier molecular flexibility index (Phi) is 5.84. The van der Waals surface area contributed by atoms with E-state index in [1.807, 2.05) is 35.2 Å². The number of rotatable bonds is 5. The third kappa shape index (κ3) is 4.43. The topological polar surface area (TPSA) is 114 Å². The van der Waals surface area contributed by atoms with E-state index in [9.17, 15) is 19.7 Å². The van der Waals surface area contributed by atoms with Gasteiger partial charge in [0.05, 0.1) is 10.6 Å². The molecule has 1 saturated heterocycles. The molecule has 10 nitrogen and oxygen atoms in total. The summed E-state index contributed by atoms with van der Waals surface area (Å²) in [5.74, 6) is -0.161. The zero-order chi connectivity index (χ0) is 22.7. The maximum Gasteiger partial charge on any atom is 0.293 e. The van der Waals surface area contributed by atoms with E-state index >= 15 is 0 Å². The molecule has 1 N–H and O–H groups in total. The van der Waals surface area contributed by atoms with Crippen LogP contribution >= 0.6 is 0 Å². The van der Waals surface area contributed by atoms with Gasteiger partial charge < -0.3 is 15.1 Å². The standard InChI is InChI=1S/C22H22N6O4/c1-16(29)25-11-13-26(14-12-25)19-8-7-17(15-20(19)28(31)32)22(30)23-21-9-10-27(24-21)18-5-3-2-4-6-18/h2-10,15H,11-14H2,1H3,(H,23,24,30). The van der Waals surface area contributed by atoms with Gasteiger partial charge in [0.15, 0.2) is 5.82 Å². The molecule has 0 bridgehead atoms. The first-order chi connectivity index (χ1) is 15.4. The molecule has 0 unspecified atom stereocenters. The van der Waals surface area contributed by atoms with Crippen LogP contribution in [-0.4, -0.2) is 57.6 Å². The van der Waals surface area contributed by atoms with E-state index in [1.165, 1.54) is 13.0 Å². The highest BCUT2D eigenvalue weighted by Crippen LogP contribution is 2.30. The predicted molar refractivity (Wildman–Crippen MR) is 119 cm³/mol. The molecule has 2 heterocycles. The Balaban J connectivity index is 1.50. The number of nitro benzene ring substituents is 1. The zero-order valence-corrected chi connectivity index (χ0v) is 17.5. The van der Waals surface area contributed by atoms with Crippen molar-refractivity contribution in [2.45, 2.75) is 6.92 Å². The summed E-state index contributed by atoms with van der Waals surface area (Å²) in [5.41, 5.74) is 1.29. The smallest absolute Gasteiger partial charge is 0.293 e. The number of benzene rings is 2. The third-order valence-corrected chi connectivity index (χ3v) is 5.35. The number of aromatic nitrogens is 2. The Morgan fingerprint density at radius 3 is 2.41 bits per heavy atom. The molecule has 1 aliphatic rings. The maximum atomic E-state index is 12.7. The van der Waals surface area contributed by atoms with Crippen molar-refractivity contribution in [2.75, 3.05) is 36.4 Å². The number of amides is 2. The molecule has 2 aromatic carbocycles. The lowest BCUT2D eigenvalue weighted by molar-refractivity contribution is -0.384. The van der Waals surface area contributed by atoms with E-state index in [-0.39, 0.29) is 17.2 Å². The first-order valence-corrected chi connectivity index (χ1v) is 10.1. The van der Waals surface area contributed by atoms with Crippen molar-refractivity contribution in [2.24, 2.45) is 0 Å². The third-order valence-electron chi connectivity index (χ3n) is 5.35. The Morgan fingerprint density at radius 1 is 1.03 bits per heavy atom. The Hall–Kier alpha value is -4.21. The average Bonchev–Trinajstić information content (AvgIpc) is 3.27. The minimum Gasteiger partial charge on any atom is -0.362 e. The van der Waals surface area contributed by atoms with Crippen molar-refractivity contribution < 1.29 is 14.5 Å². The minimum absolute atomic E-state index is 0.0131. The second-order valence-electron chi connectivity index (χ2n) is 7.39. The van der Waals surface area contributed by atoms with Crippen LogP contribution in [0.3, 0.4) is 0 Å². The number of nitrogens with zero attached hydrogens (tertiary/aromatic N) is 5. The molecule has 1 aliphatic heterocycles. The van der Waals surface area contributed by atoms with Crippen molar-refractivity contribution in [3.63, 3.8) is 0 Å². The monoisotopic (exact) mass is 434 g/mol. The molecule has 0 spiro atoms. The first kappa shape index (κ1) is 21.0. The van der Waals surface area contributed by atoms with Gasteiger partial charge in [-0.05, 0) is 24.3 Å². The van der Waals surface area contributed by atoms with Crippen molar-refractivity contribution in [1.29, 1.82) is 0 Å². The van der Waals surface area contributed by atoms with E-state index in [0.29, 0.717) is 37.7 Å². The highest BCUT2D eigenvalue weighted by Gasteiger charge is 2.26.